The summed E-state index contributed by atoms with van der Waals surface area (Å²) in [5.41, 5.74) is 0.662. The Morgan fingerprint density at radius 3 is 2.47 bits per heavy atom. The molecule has 3 fully saturated rings. The van der Waals surface area contributed by atoms with E-state index < -0.39 is 62.0 Å². The molecule has 7 atom stereocenters. The van der Waals surface area contributed by atoms with E-state index in [0.29, 0.717) is 17.1 Å². The van der Waals surface area contributed by atoms with E-state index in [1.165, 1.54) is 18.0 Å². The maximum atomic E-state index is 15.2. The van der Waals surface area contributed by atoms with Crippen LogP contribution in [-0.4, -0.2) is 85.3 Å². The van der Waals surface area contributed by atoms with Gasteiger partial charge in [0.15, 0.2) is 37.7 Å². The number of halogens is 4. The largest absolute Gasteiger partial charge is 0.412 e. The summed E-state index contributed by atoms with van der Waals surface area (Å²) in [6.07, 6.45) is -0.0365. The first kappa shape index (κ1) is 37.9. The minimum absolute atomic E-state index is 0.0165. The van der Waals surface area contributed by atoms with Gasteiger partial charge in [-0.25, -0.2) is 17.9 Å². The first-order valence-corrected chi connectivity index (χ1v) is 20.5. The topological polar surface area (TPSA) is 97.2 Å². The molecule has 0 radical (unpaired) electrons. The smallest absolute Gasteiger partial charge is 0.259 e. The van der Waals surface area contributed by atoms with Crippen LogP contribution in [-0.2, 0) is 28.2 Å². The molecule has 3 aliphatic rings. The molecule has 3 heterocycles. The van der Waals surface area contributed by atoms with E-state index in [9.17, 15) is 13.2 Å². The monoisotopic (exact) mass is 750 g/mol. The summed E-state index contributed by atoms with van der Waals surface area (Å²) in [7, 11) is -0.762. The summed E-state index contributed by atoms with van der Waals surface area (Å²) < 4.78 is 75.7. The summed E-state index contributed by atoms with van der Waals surface area (Å²) in [6.45, 7) is 14.6. The minimum atomic E-state index is -2.23. The maximum absolute atomic E-state index is 15.2. The molecule has 15 heteroatoms. The van der Waals surface area contributed by atoms with Gasteiger partial charge in [-0.05, 0) is 81.6 Å². The van der Waals surface area contributed by atoms with Gasteiger partial charge < -0.3 is 28.3 Å². The second-order valence-electron chi connectivity index (χ2n) is 15.5. The molecule has 51 heavy (non-hydrogen) atoms. The Kier molecular flexibility index (Phi) is 10.5. The third-order valence-corrected chi connectivity index (χ3v) is 15.4. The molecule has 2 aliphatic heterocycles. The molecule has 2 aromatic carbocycles. The van der Waals surface area contributed by atoms with Crippen molar-refractivity contribution in [1.82, 2.24) is 15.0 Å². The Labute approximate surface area is 302 Å². The van der Waals surface area contributed by atoms with Crippen LogP contribution in [0.1, 0.15) is 59.9 Å². The Bertz CT molecular complexity index is 1730. The van der Waals surface area contributed by atoms with Gasteiger partial charge in [0.2, 0.25) is 0 Å². The summed E-state index contributed by atoms with van der Waals surface area (Å²) in [6, 6.07) is 7.71. The quantitative estimate of drug-likeness (QED) is 0.173. The van der Waals surface area contributed by atoms with Crippen LogP contribution in [0.15, 0.2) is 42.6 Å². The van der Waals surface area contributed by atoms with Crippen LogP contribution >= 0.6 is 11.6 Å². The van der Waals surface area contributed by atoms with Gasteiger partial charge >= 0.3 is 0 Å². The highest BCUT2D eigenvalue weighted by molar-refractivity contribution is 6.74. The number of hydrogen-bond acceptors (Lipinski definition) is 8. The lowest BCUT2D eigenvalue weighted by molar-refractivity contribution is -0.346. The zero-order valence-electron chi connectivity index (χ0n) is 30.2. The molecule has 10 nitrogen and oxygen atoms in total. The van der Waals surface area contributed by atoms with Crippen molar-refractivity contribution in [3.63, 3.8) is 0 Å². The van der Waals surface area contributed by atoms with Crippen molar-refractivity contribution >= 4 is 31.5 Å². The summed E-state index contributed by atoms with van der Waals surface area (Å²) in [4.78, 5) is 16.9. The standard InChI is InChI=1S/C36H46ClF3N4O6Si/c1-35(2,3)51(7,8)50-27-14-10-13-26(27)44(22-12-9-11-21(37)17-22)34(45)33-32(46-6)30(31-28(48-33)19-47-36(4,5)49-31)43-18-25(41-42-43)20-15-23(38)29(40)24(39)16-20/h9,11-12,15-18,26-28,30-33H,10,13-14,19H2,1-8H3/t26-,27?,28+,30-,31-,32+,33+/m0/s1. The molecule has 0 N–H and O–H groups in total. The fourth-order valence-electron chi connectivity index (χ4n) is 7.01. The zero-order valence-corrected chi connectivity index (χ0v) is 31.9. The van der Waals surface area contributed by atoms with Crippen molar-refractivity contribution < 1.29 is 41.3 Å². The number of hydrogen-bond donors (Lipinski definition) is 0. The van der Waals surface area contributed by atoms with Gasteiger partial charge in [-0.2, -0.15) is 0 Å². The van der Waals surface area contributed by atoms with Gasteiger partial charge in [-0.3, -0.25) is 4.79 Å². The molecule has 1 aliphatic carbocycles. The average Bonchev–Trinajstić information content (AvgIpc) is 3.72. The number of carbonyl (C=O) groups excluding carboxylic acids is 1. The number of amides is 1. The van der Waals surface area contributed by atoms with Crippen molar-refractivity contribution in [3.05, 3.63) is 65.1 Å². The van der Waals surface area contributed by atoms with Gasteiger partial charge in [0.1, 0.15) is 30.0 Å². The molecule has 1 saturated carbocycles. The van der Waals surface area contributed by atoms with Gasteiger partial charge in [0.25, 0.3) is 5.91 Å². The van der Waals surface area contributed by atoms with E-state index >= 15 is 4.79 Å². The van der Waals surface area contributed by atoms with Crippen molar-refractivity contribution in [2.24, 2.45) is 0 Å². The van der Waals surface area contributed by atoms with Gasteiger partial charge in [0.05, 0.1) is 24.9 Å². The zero-order chi connectivity index (χ0) is 37.0. The summed E-state index contributed by atoms with van der Waals surface area (Å²) in [5, 5.41) is 8.89. The predicted molar refractivity (Wildman–Crippen MR) is 187 cm³/mol. The first-order chi connectivity index (χ1) is 23.9. The Hall–Kier alpha value is -2.85. The number of ether oxygens (including phenoxy) is 4. The van der Waals surface area contributed by atoms with Crippen LogP contribution in [0.3, 0.4) is 0 Å². The number of fused-ring (bicyclic) bond motifs is 1. The number of benzene rings is 2. The maximum Gasteiger partial charge on any atom is 0.259 e. The van der Waals surface area contributed by atoms with Crippen LogP contribution in [0.5, 0.6) is 0 Å². The van der Waals surface area contributed by atoms with E-state index in [0.717, 1.165) is 25.0 Å². The molecule has 6 rings (SSSR count). The Balaban J connectivity index is 1.41. The lowest BCUT2D eigenvalue weighted by Gasteiger charge is -2.51. The van der Waals surface area contributed by atoms with E-state index in [2.05, 4.69) is 44.2 Å². The second kappa shape index (κ2) is 14.2. The van der Waals surface area contributed by atoms with E-state index in [-0.39, 0.29) is 41.0 Å². The number of aromatic nitrogens is 3. The van der Waals surface area contributed by atoms with Gasteiger partial charge in [0, 0.05) is 23.4 Å². The number of methoxy groups -OCH3 is 1. The SMILES string of the molecule is CO[C@@H]1[C@@H](n2cc(-c3cc(F)c(F)c(F)c3)nn2)[C@H]2OC(C)(C)OC[C@H]2O[C@H]1C(=O)N(c1cccc(Cl)c1)[C@H]1CCCC1O[Si](C)(C)C(C)(C)C. The molecule has 0 spiro atoms. The van der Waals surface area contributed by atoms with E-state index in [1.54, 1.807) is 36.9 Å². The highest BCUT2D eigenvalue weighted by atomic mass is 35.5. The minimum Gasteiger partial charge on any atom is -0.412 e. The number of carbonyl (C=O) groups is 1. The van der Waals surface area contributed by atoms with Crippen LogP contribution < -0.4 is 4.90 Å². The lowest BCUT2D eigenvalue weighted by atomic mass is 9.90. The molecule has 1 aromatic heterocycles. The van der Waals surface area contributed by atoms with Crippen LogP contribution in [0.4, 0.5) is 18.9 Å². The normalized spacial score (nSPS) is 28.0. The number of nitrogens with zero attached hydrogens (tertiary/aromatic N) is 4. The van der Waals surface area contributed by atoms with E-state index in [1.807, 2.05) is 6.07 Å². The fraction of sp³-hybridized carbons (Fsp3) is 0.583. The fourth-order valence-corrected chi connectivity index (χ4v) is 8.58. The summed E-state index contributed by atoms with van der Waals surface area (Å²) in [5.74, 6) is -5.68. The average molecular weight is 751 g/mol. The predicted octanol–water partition coefficient (Wildman–Crippen LogP) is 7.47. The first-order valence-electron chi connectivity index (χ1n) is 17.2. The molecule has 2 saturated heterocycles. The van der Waals surface area contributed by atoms with Crippen molar-refractivity contribution in [2.75, 3.05) is 18.6 Å². The molecule has 1 amide bonds. The molecular formula is C36H46ClF3N4O6Si. The molecule has 278 valence electrons. The van der Waals surface area contributed by atoms with Gasteiger partial charge in [-0.15, -0.1) is 5.10 Å². The molecule has 1 unspecified atom stereocenters. The highest BCUT2D eigenvalue weighted by Gasteiger charge is 2.56. The lowest BCUT2D eigenvalue weighted by Crippen LogP contribution is -2.66. The second-order valence-corrected chi connectivity index (χ2v) is 20.7. The summed E-state index contributed by atoms with van der Waals surface area (Å²) >= 11 is 6.51. The van der Waals surface area contributed by atoms with Crippen molar-refractivity contribution in [3.8, 4) is 11.3 Å². The van der Waals surface area contributed by atoms with Gasteiger partial charge in [-0.1, -0.05) is 43.7 Å². The third kappa shape index (κ3) is 7.51. The molecule has 0 bridgehead atoms. The third-order valence-electron chi connectivity index (χ3n) is 10.6. The molecule has 3 aromatic rings. The van der Waals surface area contributed by atoms with Crippen molar-refractivity contribution in [1.29, 1.82) is 0 Å². The Morgan fingerprint density at radius 1 is 1.12 bits per heavy atom. The van der Waals surface area contributed by atoms with Crippen LogP contribution in [0.25, 0.3) is 11.3 Å². The molecular weight excluding hydrogens is 705 g/mol. The Morgan fingerprint density at radius 2 is 1.82 bits per heavy atom. The van der Waals surface area contributed by atoms with E-state index in [4.69, 9.17) is 35.0 Å². The van der Waals surface area contributed by atoms with Crippen LogP contribution in [0, 0.1) is 17.5 Å². The number of rotatable bonds is 8. The van der Waals surface area contributed by atoms with Crippen molar-refractivity contribution in [2.45, 2.75) is 120 Å². The number of anilines is 1. The highest BCUT2D eigenvalue weighted by Crippen LogP contribution is 2.44. The van der Waals surface area contributed by atoms with Crippen LogP contribution in [0.2, 0.25) is 23.2 Å².